The minimum absolute atomic E-state index is 0.729. The number of nitrogens with two attached hydrogens (primary N) is 1. The van der Waals surface area contributed by atoms with Gasteiger partial charge in [-0.3, -0.25) is 0 Å². The summed E-state index contributed by atoms with van der Waals surface area (Å²) in [6.07, 6.45) is 20.1. The molecule has 1 atom stereocenters. The Morgan fingerprint density at radius 2 is 1.00 bits per heavy atom. The van der Waals surface area contributed by atoms with Crippen molar-refractivity contribution in [3.8, 4) is 0 Å². The highest BCUT2D eigenvalue weighted by atomic mass is 14.5. The van der Waals surface area contributed by atoms with Crippen molar-refractivity contribution in [1.29, 1.82) is 0 Å². The lowest BCUT2D eigenvalue weighted by atomic mass is 10.0. The molecule has 0 fully saturated rings. The predicted molar refractivity (Wildman–Crippen MR) is 88.5 cm³/mol. The first-order valence-electron chi connectivity index (χ1n) is 9.01. The topological polar surface area (TPSA) is 26.0 Å². The molecule has 0 aromatic heterocycles. The van der Waals surface area contributed by atoms with Crippen molar-refractivity contribution in [3.05, 3.63) is 0 Å². The van der Waals surface area contributed by atoms with Crippen LogP contribution in [0.15, 0.2) is 0 Å². The van der Waals surface area contributed by atoms with Crippen molar-refractivity contribution in [2.45, 2.75) is 104 Å². The first-order valence-corrected chi connectivity index (χ1v) is 9.01. The maximum Gasteiger partial charge on any atom is -0.00515 e. The van der Waals surface area contributed by atoms with E-state index < -0.39 is 0 Å². The van der Waals surface area contributed by atoms with Gasteiger partial charge < -0.3 is 5.73 Å². The van der Waals surface area contributed by atoms with Crippen LogP contribution in [0.5, 0.6) is 0 Å². The van der Waals surface area contributed by atoms with Crippen molar-refractivity contribution in [2.24, 2.45) is 11.7 Å². The molecule has 0 aliphatic rings. The first kappa shape index (κ1) is 19.0. The molecular weight excluding hydrogens is 230 g/mol. The van der Waals surface area contributed by atoms with Gasteiger partial charge in [0.2, 0.25) is 0 Å². The summed E-state index contributed by atoms with van der Waals surface area (Å²) in [6.45, 7) is 5.41. The molecule has 0 amide bonds. The molecule has 0 aliphatic heterocycles. The maximum absolute atomic E-state index is 5.62. The Morgan fingerprint density at radius 3 is 1.37 bits per heavy atom. The predicted octanol–water partition coefficient (Wildman–Crippen LogP) is 6.06. The van der Waals surface area contributed by atoms with Crippen LogP contribution in [-0.4, -0.2) is 6.54 Å². The zero-order valence-electron chi connectivity index (χ0n) is 13.8. The third kappa shape index (κ3) is 15.9. The van der Waals surface area contributed by atoms with Crippen molar-refractivity contribution >= 4 is 0 Å². The van der Waals surface area contributed by atoms with Crippen LogP contribution in [0.1, 0.15) is 104 Å². The molecule has 116 valence electrons. The second-order valence-corrected chi connectivity index (χ2v) is 6.37. The molecule has 0 aromatic rings. The van der Waals surface area contributed by atoms with Crippen molar-refractivity contribution in [1.82, 2.24) is 0 Å². The van der Waals surface area contributed by atoms with E-state index in [0.717, 1.165) is 12.5 Å². The summed E-state index contributed by atoms with van der Waals surface area (Å²) >= 11 is 0. The van der Waals surface area contributed by atoms with E-state index in [2.05, 4.69) is 13.8 Å². The Balaban J connectivity index is 2.95. The maximum atomic E-state index is 5.62. The van der Waals surface area contributed by atoms with Crippen molar-refractivity contribution in [2.75, 3.05) is 6.54 Å². The lowest BCUT2D eigenvalue weighted by Gasteiger charge is -2.07. The van der Waals surface area contributed by atoms with Gasteiger partial charge in [-0.1, -0.05) is 97.3 Å². The molecule has 1 nitrogen and oxygen atoms in total. The molecule has 1 heteroatoms. The van der Waals surface area contributed by atoms with Gasteiger partial charge in [-0.25, -0.2) is 0 Å². The lowest BCUT2D eigenvalue weighted by Crippen LogP contribution is -2.10. The largest absolute Gasteiger partial charge is 0.330 e. The van der Waals surface area contributed by atoms with Gasteiger partial charge >= 0.3 is 0 Å². The number of rotatable bonds is 15. The number of hydrogen-bond acceptors (Lipinski definition) is 1. The Morgan fingerprint density at radius 1 is 0.632 bits per heavy atom. The van der Waals surface area contributed by atoms with E-state index in [1.807, 2.05) is 0 Å². The van der Waals surface area contributed by atoms with E-state index in [-0.39, 0.29) is 0 Å². The summed E-state index contributed by atoms with van der Waals surface area (Å²) < 4.78 is 0. The van der Waals surface area contributed by atoms with Crippen LogP contribution in [-0.2, 0) is 0 Å². The Bertz CT molecular complexity index is 156. The fourth-order valence-electron chi connectivity index (χ4n) is 2.63. The third-order valence-electron chi connectivity index (χ3n) is 4.20. The molecule has 2 N–H and O–H groups in total. The van der Waals surface area contributed by atoms with Crippen LogP contribution in [0.3, 0.4) is 0 Å². The SMILES string of the molecule is CCCCCCCCCCCCCCCC(C)CN. The second kappa shape index (κ2) is 16.0. The molecular formula is C18H39N. The molecule has 0 saturated carbocycles. The lowest BCUT2D eigenvalue weighted by molar-refractivity contribution is 0.485. The van der Waals surface area contributed by atoms with Gasteiger partial charge in [0.15, 0.2) is 0 Å². The molecule has 0 bridgehead atoms. The van der Waals surface area contributed by atoms with Gasteiger partial charge in [0.05, 0.1) is 0 Å². The molecule has 19 heavy (non-hydrogen) atoms. The van der Waals surface area contributed by atoms with Gasteiger partial charge in [0.1, 0.15) is 0 Å². The highest BCUT2D eigenvalue weighted by Gasteiger charge is 1.98. The Kier molecular flexibility index (Phi) is 16.0. The van der Waals surface area contributed by atoms with E-state index in [1.54, 1.807) is 0 Å². The normalized spacial score (nSPS) is 12.8. The zero-order chi connectivity index (χ0) is 14.2. The molecule has 0 radical (unpaired) electrons. The molecule has 0 rings (SSSR count). The fraction of sp³-hybridized carbons (Fsp3) is 1.00. The van der Waals surface area contributed by atoms with E-state index in [9.17, 15) is 0 Å². The van der Waals surface area contributed by atoms with Crippen molar-refractivity contribution in [3.63, 3.8) is 0 Å². The highest BCUT2D eigenvalue weighted by Crippen LogP contribution is 2.14. The average molecular weight is 270 g/mol. The van der Waals surface area contributed by atoms with Crippen LogP contribution in [0.25, 0.3) is 0 Å². The summed E-state index contributed by atoms with van der Waals surface area (Å²) in [5.41, 5.74) is 5.62. The monoisotopic (exact) mass is 269 g/mol. The smallest absolute Gasteiger partial charge is 0.00515 e. The van der Waals surface area contributed by atoms with Crippen LogP contribution in [0.4, 0.5) is 0 Å². The third-order valence-corrected chi connectivity index (χ3v) is 4.20. The molecule has 1 unspecified atom stereocenters. The standard InChI is InChI=1S/C18H39N/c1-3-4-5-6-7-8-9-10-11-12-13-14-15-16-18(2)17-19/h18H,3-17,19H2,1-2H3. The van der Waals surface area contributed by atoms with Crippen LogP contribution in [0.2, 0.25) is 0 Å². The van der Waals surface area contributed by atoms with Gasteiger partial charge in [0, 0.05) is 0 Å². The summed E-state index contributed by atoms with van der Waals surface area (Å²) in [5, 5.41) is 0. The second-order valence-electron chi connectivity index (χ2n) is 6.37. The molecule has 0 spiro atoms. The number of unbranched alkanes of at least 4 members (excludes halogenated alkanes) is 12. The molecule has 0 aliphatic carbocycles. The van der Waals surface area contributed by atoms with Gasteiger partial charge in [-0.05, 0) is 18.9 Å². The van der Waals surface area contributed by atoms with E-state index in [4.69, 9.17) is 5.73 Å². The Hall–Kier alpha value is -0.0400. The quantitative estimate of drug-likeness (QED) is 0.359. The van der Waals surface area contributed by atoms with Gasteiger partial charge in [-0.2, -0.15) is 0 Å². The summed E-state index contributed by atoms with van der Waals surface area (Å²) in [5.74, 6) is 0.729. The Labute approximate surface area is 122 Å². The molecule has 0 heterocycles. The fourth-order valence-corrected chi connectivity index (χ4v) is 2.63. The van der Waals surface area contributed by atoms with Crippen LogP contribution >= 0.6 is 0 Å². The van der Waals surface area contributed by atoms with Crippen molar-refractivity contribution < 1.29 is 0 Å². The van der Waals surface area contributed by atoms with Gasteiger partial charge in [0.25, 0.3) is 0 Å². The summed E-state index contributed by atoms with van der Waals surface area (Å²) in [6, 6.07) is 0. The highest BCUT2D eigenvalue weighted by molar-refractivity contribution is 4.54. The van der Waals surface area contributed by atoms with Gasteiger partial charge in [-0.15, -0.1) is 0 Å². The number of hydrogen-bond donors (Lipinski definition) is 1. The molecule has 0 aromatic carbocycles. The first-order chi connectivity index (χ1) is 9.31. The minimum Gasteiger partial charge on any atom is -0.330 e. The minimum atomic E-state index is 0.729. The van der Waals surface area contributed by atoms with Crippen LogP contribution in [0, 0.1) is 5.92 Å². The molecule has 0 saturated heterocycles. The summed E-state index contributed by atoms with van der Waals surface area (Å²) in [4.78, 5) is 0. The van der Waals surface area contributed by atoms with Crippen LogP contribution < -0.4 is 5.73 Å². The average Bonchev–Trinajstić information content (AvgIpc) is 2.43. The van der Waals surface area contributed by atoms with E-state index >= 15 is 0 Å². The zero-order valence-corrected chi connectivity index (χ0v) is 13.8. The van der Waals surface area contributed by atoms with E-state index in [1.165, 1.54) is 89.9 Å². The van der Waals surface area contributed by atoms with E-state index in [0.29, 0.717) is 0 Å². The summed E-state index contributed by atoms with van der Waals surface area (Å²) in [7, 11) is 0.